The van der Waals surface area contributed by atoms with E-state index in [1.54, 1.807) is 0 Å². The Labute approximate surface area is 122 Å². The number of aromatic amines is 1. The fraction of sp³-hybridized carbons (Fsp3) is 0.158. The summed E-state index contributed by atoms with van der Waals surface area (Å²) in [5.41, 5.74) is 7.05. The molecule has 2 nitrogen and oxygen atoms in total. The van der Waals surface area contributed by atoms with Crippen molar-refractivity contribution >= 4 is 22.0 Å². The Balaban J connectivity index is 2.00. The molecule has 2 heterocycles. The maximum absolute atomic E-state index is 6.33. The lowest BCUT2D eigenvalue weighted by atomic mass is 9.86. The van der Waals surface area contributed by atoms with Crippen molar-refractivity contribution in [1.82, 2.24) is 4.98 Å². The Bertz CT molecular complexity index is 1020. The molecule has 0 saturated heterocycles. The molecule has 102 valence electrons. The Hall–Kier alpha value is -2.48. The number of aromatic nitrogens is 1. The summed E-state index contributed by atoms with van der Waals surface area (Å²) in [4.78, 5) is 3.54. The third kappa shape index (κ3) is 1.19. The molecule has 0 bridgehead atoms. The largest absolute Gasteiger partial charge is 0.457 e. The van der Waals surface area contributed by atoms with Gasteiger partial charge in [0.1, 0.15) is 5.76 Å². The van der Waals surface area contributed by atoms with Crippen LogP contribution < -0.4 is 0 Å². The Morgan fingerprint density at radius 3 is 2.62 bits per heavy atom. The van der Waals surface area contributed by atoms with Crippen molar-refractivity contribution in [2.45, 2.75) is 19.3 Å². The molecule has 1 aliphatic rings. The maximum atomic E-state index is 6.33. The van der Waals surface area contributed by atoms with Gasteiger partial charge < -0.3 is 9.40 Å². The predicted molar refractivity (Wildman–Crippen MR) is 85.6 cm³/mol. The zero-order chi connectivity index (χ0) is 14.2. The number of nitrogens with one attached hydrogen (secondary N) is 1. The molecule has 21 heavy (non-hydrogen) atoms. The monoisotopic (exact) mass is 273 g/mol. The zero-order valence-corrected chi connectivity index (χ0v) is 12.0. The topological polar surface area (TPSA) is 28.9 Å². The van der Waals surface area contributed by atoms with E-state index in [0.29, 0.717) is 0 Å². The van der Waals surface area contributed by atoms with E-state index in [9.17, 15) is 0 Å². The van der Waals surface area contributed by atoms with Crippen molar-refractivity contribution in [1.29, 1.82) is 0 Å². The quantitative estimate of drug-likeness (QED) is 0.467. The fourth-order valence-corrected chi connectivity index (χ4v) is 3.73. The van der Waals surface area contributed by atoms with Crippen LogP contribution in [0, 0.1) is 0 Å². The number of benzene rings is 2. The summed E-state index contributed by atoms with van der Waals surface area (Å²) < 4.78 is 6.33. The lowest BCUT2D eigenvalue weighted by Crippen LogP contribution is -2.14. The van der Waals surface area contributed by atoms with Crippen LogP contribution in [0.1, 0.15) is 25.2 Å². The predicted octanol–water partition coefficient (Wildman–Crippen LogP) is 5.22. The first-order valence-electron chi connectivity index (χ1n) is 7.31. The summed E-state index contributed by atoms with van der Waals surface area (Å²) in [5.74, 6) is 1.08. The molecule has 0 fully saturated rings. The molecule has 0 aliphatic heterocycles. The Morgan fingerprint density at radius 1 is 0.952 bits per heavy atom. The number of fused-ring (bicyclic) bond motifs is 7. The first kappa shape index (κ1) is 11.2. The van der Waals surface area contributed by atoms with Crippen LogP contribution in [0.25, 0.3) is 33.1 Å². The maximum Gasteiger partial charge on any atom is 0.160 e. The molecule has 2 heteroatoms. The van der Waals surface area contributed by atoms with Crippen molar-refractivity contribution in [3.05, 3.63) is 59.9 Å². The number of para-hydroxylation sites is 1. The first-order valence-corrected chi connectivity index (χ1v) is 7.31. The van der Waals surface area contributed by atoms with Gasteiger partial charge in [-0.05, 0) is 37.1 Å². The molecule has 1 aliphatic carbocycles. The highest BCUT2D eigenvalue weighted by atomic mass is 16.3. The van der Waals surface area contributed by atoms with Crippen LogP contribution in [0.2, 0.25) is 0 Å². The Morgan fingerprint density at radius 2 is 1.71 bits per heavy atom. The summed E-state index contributed by atoms with van der Waals surface area (Å²) in [6, 6.07) is 16.9. The van der Waals surface area contributed by atoms with Crippen LogP contribution in [0.15, 0.2) is 52.9 Å². The van der Waals surface area contributed by atoms with E-state index in [1.165, 1.54) is 16.7 Å². The third-order valence-corrected chi connectivity index (χ3v) is 4.78. The van der Waals surface area contributed by atoms with Crippen molar-refractivity contribution in [3.63, 3.8) is 0 Å². The molecule has 4 aromatic rings. The molecule has 2 aromatic carbocycles. The van der Waals surface area contributed by atoms with Crippen LogP contribution >= 0.6 is 0 Å². The summed E-state index contributed by atoms with van der Waals surface area (Å²) in [6.45, 7) is 4.48. The minimum absolute atomic E-state index is 0.0765. The van der Waals surface area contributed by atoms with Crippen molar-refractivity contribution < 1.29 is 4.42 Å². The van der Waals surface area contributed by atoms with Gasteiger partial charge in [-0.15, -0.1) is 0 Å². The van der Waals surface area contributed by atoms with Gasteiger partial charge in [0.25, 0.3) is 0 Å². The SMILES string of the molecule is CC1(C)c2ccccc2-c2c1oc1c2[nH]c2ccccc21. The second-order valence-corrected chi connectivity index (χ2v) is 6.35. The molecule has 0 radical (unpaired) electrons. The normalized spacial score (nSPS) is 15.5. The molecule has 1 N–H and O–H groups in total. The zero-order valence-electron chi connectivity index (χ0n) is 12.0. The highest BCUT2D eigenvalue weighted by Crippen LogP contribution is 2.53. The second kappa shape index (κ2) is 3.40. The lowest BCUT2D eigenvalue weighted by molar-refractivity contribution is 0.466. The number of rotatable bonds is 0. The van der Waals surface area contributed by atoms with E-state index < -0.39 is 0 Å². The van der Waals surface area contributed by atoms with Crippen LogP contribution in [0.4, 0.5) is 0 Å². The van der Waals surface area contributed by atoms with E-state index in [1.807, 2.05) is 0 Å². The Kier molecular flexibility index (Phi) is 1.81. The second-order valence-electron chi connectivity index (χ2n) is 6.35. The lowest BCUT2D eigenvalue weighted by Gasteiger charge is -2.18. The van der Waals surface area contributed by atoms with Gasteiger partial charge in [0.2, 0.25) is 0 Å². The van der Waals surface area contributed by atoms with Crippen molar-refractivity contribution in [3.8, 4) is 11.1 Å². The van der Waals surface area contributed by atoms with Gasteiger partial charge >= 0.3 is 0 Å². The van der Waals surface area contributed by atoms with E-state index in [4.69, 9.17) is 4.42 Å². The highest BCUT2D eigenvalue weighted by Gasteiger charge is 2.41. The molecule has 0 saturated carbocycles. The van der Waals surface area contributed by atoms with Gasteiger partial charge in [-0.2, -0.15) is 0 Å². The summed E-state index contributed by atoms with van der Waals surface area (Å²) in [7, 11) is 0. The molecule has 2 aromatic heterocycles. The van der Waals surface area contributed by atoms with E-state index >= 15 is 0 Å². The van der Waals surface area contributed by atoms with Crippen LogP contribution in [0.3, 0.4) is 0 Å². The average Bonchev–Trinajstić information content (AvgIpc) is 3.08. The summed E-state index contributed by atoms with van der Waals surface area (Å²) >= 11 is 0. The molecular formula is C19H15NO. The van der Waals surface area contributed by atoms with Gasteiger partial charge in [-0.3, -0.25) is 0 Å². The molecule has 0 unspecified atom stereocenters. The first-order chi connectivity index (χ1) is 10.2. The number of hydrogen-bond donors (Lipinski definition) is 1. The summed E-state index contributed by atoms with van der Waals surface area (Å²) in [5, 5.41) is 1.16. The average molecular weight is 273 g/mol. The van der Waals surface area contributed by atoms with Crippen LogP contribution in [-0.4, -0.2) is 4.98 Å². The fourth-order valence-electron chi connectivity index (χ4n) is 3.73. The van der Waals surface area contributed by atoms with Crippen molar-refractivity contribution in [2.24, 2.45) is 0 Å². The number of H-pyrrole nitrogens is 1. The molecule has 5 rings (SSSR count). The molecule has 0 atom stereocenters. The van der Waals surface area contributed by atoms with Crippen LogP contribution in [-0.2, 0) is 5.41 Å². The smallest absolute Gasteiger partial charge is 0.160 e. The minimum Gasteiger partial charge on any atom is -0.457 e. The molecular weight excluding hydrogens is 258 g/mol. The summed E-state index contributed by atoms with van der Waals surface area (Å²) in [6.07, 6.45) is 0. The standard InChI is InChI=1S/C19H15NO/c1-19(2)13-9-5-3-7-11(13)15-16-17(21-18(15)19)12-8-4-6-10-14(12)20-16/h3-10,20H,1-2H3. The van der Waals surface area contributed by atoms with Gasteiger partial charge in [0.05, 0.1) is 5.52 Å². The van der Waals surface area contributed by atoms with Gasteiger partial charge in [0.15, 0.2) is 5.58 Å². The van der Waals surface area contributed by atoms with E-state index in [0.717, 1.165) is 27.8 Å². The van der Waals surface area contributed by atoms with Gasteiger partial charge in [-0.1, -0.05) is 36.4 Å². The van der Waals surface area contributed by atoms with Crippen molar-refractivity contribution in [2.75, 3.05) is 0 Å². The van der Waals surface area contributed by atoms with Gasteiger partial charge in [-0.25, -0.2) is 0 Å². The third-order valence-electron chi connectivity index (χ3n) is 4.78. The van der Waals surface area contributed by atoms with E-state index in [-0.39, 0.29) is 5.41 Å². The number of furan rings is 1. The molecule has 0 spiro atoms. The minimum atomic E-state index is -0.0765. The van der Waals surface area contributed by atoms with Gasteiger partial charge in [0, 0.05) is 21.9 Å². The molecule has 0 amide bonds. The van der Waals surface area contributed by atoms with Crippen LogP contribution in [0.5, 0.6) is 0 Å². The highest BCUT2D eigenvalue weighted by molar-refractivity contribution is 6.11. The van der Waals surface area contributed by atoms with E-state index in [2.05, 4.69) is 67.4 Å². The number of hydrogen-bond acceptors (Lipinski definition) is 1.